The van der Waals surface area contributed by atoms with Crippen molar-refractivity contribution in [3.05, 3.63) is 35.5 Å². The van der Waals surface area contributed by atoms with Gasteiger partial charge in [-0.15, -0.1) is 0 Å². The average molecular weight is 330 g/mol. The summed E-state index contributed by atoms with van der Waals surface area (Å²) in [6.07, 6.45) is 4.54. The molecule has 5 nitrogen and oxygen atoms in total. The van der Waals surface area contributed by atoms with Crippen molar-refractivity contribution < 1.29 is 14.9 Å². The van der Waals surface area contributed by atoms with E-state index in [1.54, 1.807) is 0 Å². The number of fused-ring (bicyclic) bond motifs is 2. The van der Waals surface area contributed by atoms with Gasteiger partial charge < -0.3 is 19.9 Å². The molecule has 3 N–H and O–H groups in total. The first-order valence-corrected chi connectivity index (χ1v) is 8.85. The Morgan fingerprint density at radius 1 is 1.38 bits per heavy atom. The predicted octanol–water partition coefficient (Wildman–Crippen LogP) is 1.63. The Kier molecular flexibility index (Phi) is 4.12. The van der Waals surface area contributed by atoms with E-state index < -0.39 is 5.60 Å². The van der Waals surface area contributed by atoms with Gasteiger partial charge in [-0.3, -0.25) is 4.90 Å². The lowest BCUT2D eigenvalue weighted by Crippen LogP contribution is -2.60. The summed E-state index contributed by atoms with van der Waals surface area (Å²) in [5.74, 6) is 0.205. The van der Waals surface area contributed by atoms with Crippen LogP contribution in [0, 0.1) is 5.92 Å². The fourth-order valence-electron chi connectivity index (χ4n) is 4.78. The van der Waals surface area contributed by atoms with Crippen LogP contribution < -0.4 is 0 Å². The zero-order chi connectivity index (χ0) is 16.7. The van der Waals surface area contributed by atoms with Crippen LogP contribution in [0.1, 0.15) is 24.0 Å². The molecule has 0 bridgehead atoms. The maximum Gasteiger partial charge on any atom is 0.110 e. The molecule has 4 rings (SSSR count). The number of aromatic amines is 1. The molecule has 130 valence electrons. The summed E-state index contributed by atoms with van der Waals surface area (Å²) in [6, 6.07) is 6.63. The standard InChI is InChI=1S/C19H26N2O3/c1-21-11-13(12-23)9-19(24-7-3-6-22)15-4-2-5-16-18(15)14(10-20-16)8-17(19)21/h2,4-5,10,13,17,20,22-23H,3,6-9,11-12H2,1H3/t13-,17-,19+/m1/s1. The highest BCUT2D eigenvalue weighted by atomic mass is 16.5. The number of hydrogen-bond donors (Lipinski definition) is 3. The molecule has 1 aromatic heterocycles. The molecule has 0 spiro atoms. The van der Waals surface area contributed by atoms with E-state index in [0.29, 0.717) is 13.0 Å². The van der Waals surface area contributed by atoms with Gasteiger partial charge in [-0.2, -0.15) is 0 Å². The first-order valence-electron chi connectivity index (χ1n) is 8.85. The molecule has 3 atom stereocenters. The van der Waals surface area contributed by atoms with Crippen LogP contribution in [-0.2, 0) is 16.8 Å². The van der Waals surface area contributed by atoms with Crippen LogP contribution in [0.25, 0.3) is 10.9 Å². The molecule has 0 saturated carbocycles. The van der Waals surface area contributed by atoms with E-state index in [0.717, 1.165) is 24.9 Å². The second-order valence-corrected chi connectivity index (χ2v) is 7.27. The number of aliphatic hydroxyl groups is 2. The van der Waals surface area contributed by atoms with Crippen LogP contribution in [0.3, 0.4) is 0 Å². The smallest absolute Gasteiger partial charge is 0.110 e. The maximum atomic E-state index is 9.81. The number of benzene rings is 1. The number of hydrogen-bond acceptors (Lipinski definition) is 4. The molecule has 0 radical (unpaired) electrons. The van der Waals surface area contributed by atoms with Crippen molar-refractivity contribution in [2.75, 3.05) is 33.4 Å². The Morgan fingerprint density at radius 3 is 3.04 bits per heavy atom. The van der Waals surface area contributed by atoms with Gasteiger partial charge in [0.1, 0.15) is 5.60 Å². The number of nitrogens with zero attached hydrogens (tertiary/aromatic N) is 1. The topological polar surface area (TPSA) is 68.7 Å². The van der Waals surface area contributed by atoms with Crippen LogP contribution in [0.4, 0.5) is 0 Å². The molecule has 1 aliphatic heterocycles. The molecule has 5 heteroatoms. The van der Waals surface area contributed by atoms with Crippen LogP contribution in [-0.4, -0.2) is 59.6 Å². The molecule has 1 aromatic carbocycles. The number of rotatable bonds is 5. The molecule has 2 aromatic rings. The van der Waals surface area contributed by atoms with E-state index in [-0.39, 0.29) is 25.2 Å². The highest BCUT2D eigenvalue weighted by molar-refractivity contribution is 5.88. The van der Waals surface area contributed by atoms with Crippen molar-refractivity contribution in [3.63, 3.8) is 0 Å². The Hall–Kier alpha value is -1.40. The van der Waals surface area contributed by atoms with Gasteiger partial charge in [0, 0.05) is 42.9 Å². The van der Waals surface area contributed by atoms with Crippen LogP contribution in [0.5, 0.6) is 0 Å². The highest BCUT2D eigenvalue weighted by Crippen LogP contribution is 2.49. The highest BCUT2D eigenvalue weighted by Gasteiger charge is 2.51. The lowest BCUT2D eigenvalue weighted by molar-refractivity contribution is -0.151. The normalized spacial score (nSPS) is 29.8. The summed E-state index contributed by atoms with van der Waals surface area (Å²) in [5.41, 5.74) is 3.32. The summed E-state index contributed by atoms with van der Waals surface area (Å²) in [6.45, 7) is 1.74. The Morgan fingerprint density at radius 2 is 2.25 bits per heavy atom. The minimum atomic E-state index is -0.412. The van der Waals surface area contributed by atoms with Crippen molar-refractivity contribution in [3.8, 4) is 0 Å². The molecule has 2 aliphatic rings. The van der Waals surface area contributed by atoms with E-state index >= 15 is 0 Å². The minimum Gasteiger partial charge on any atom is -0.396 e. The number of aromatic nitrogens is 1. The third-order valence-electron chi connectivity index (χ3n) is 5.79. The van der Waals surface area contributed by atoms with Gasteiger partial charge in [-0.1, -0.05) is 12.1 Å². The first-order chi connectivity index (χ1) is 11.7. The van der Waals surface area contributed by atoms with Crippen molar-refractivity contribution in [2.24, 2.45) is 5.92 Å². The molecule has 0 amide bonds. The van der Waals surface area contributed by atoms with Crippen LogP contribution in [0.2, 0.25) is 0 Å². The van der Waals surface area contributed by atoms with E-state index in [2.05, 4.69) is 41.3 Å². The van der Waals surface area contributed by atoms with Crippen LogP contribution in [0.15, 0.2) is 24.4 Å². The first kappa shape index (κ1) is 16.1. The summed E-state index contributed by atoms with van der Waals surface area (Å²) in [7, 11) is 2.13. The molecule has 2 heterocycles. The number of nitrogens with one attached hydrogen (secondary N) is 1. The van der Waals surface area contributed by atoms with Gasteiger partial charge in [0.15, 0.2) is 0 Å². The fourth-order valence-corrected chi connectivity index (χ4v) is 4.78. The summed E-state index contributed by atoms with van der Waals surface area (Å²) in [4.78, 5) is 5.74. The van der Waals surface area contributed by atoms with Crippen molar-refractivity contribution >= 4 is 10.9 Å². The monoisotopic (exact) mass is 330 g/mol. The SMILES string of the molecule is CN1C[C@H](CO)C[C@]2(OCCCO)c3cccc4[nH]cc(c34)C[C@@H]12. The minimum absolute atomic E-state index is 0.139. The quantitative estimate of drug-likeness (QED) is 0.729. The summed E-state index contributed by atoms with van der Waals surface area (Å²) in [5, 5.41) is 20.3. The number of likely N-dealkylation sites (tertiary alicyclic amines) is 1. The number of likely N-dealkylation sites (N-methyl/N-ethyl adjacent to an activating group) is 1. The number of piperidine rings is 1. The summed E-state index contributed by atoms with van der Waals surface area (Å²) >= 11 is 0. The Labute approximate surface area is 142 Å². The van der Waals surface area contributed by atoms with E-state index in [1.165, 1.54) is 16.5 Å². The third kappa shape index (κ3) is 2.30. The van der Waals surface area contributed by atoms with Gasteiger partial charge in [0.25, 0.3) is 0 Å². The van der Waals surface area contributed by atoms with Gasteiger partial charge in [0.2, 0.25) is 0 Å². The molecule has 1 aliphatic carbocycles. The van der Waals surface area contributed by atoms with E-state index in [4.69, 9.17) is 4.74 Å². The van der Waals surface area contributed by atoms with Gasteiger partial charge >= 0.3 is 0 Å². The van der Waals surface area contributed by atoms with Crippen LogP contribution >= 0.6 is 0 Å². The zero-order valence-corrected chi connectivity index (χ0v) is 14.2. The lowest BCUT2D eigenvalue weighted by Gasteiger charge is -2.53. The number of H-pyrrole nitrogens is 1. The Bertz CT molecular complexity index is 728. The number of ether oxygens (including phenoxy) is 1. The molecule has 0 unspecified atom stereocenters. The average Bonchev–Trinajstić information content (AvgIpc) is 3.01. The second-order valence-electron chi connectivity index (χ2n) is 7.27. The lowest BCUT2D eigenvalue weighted by atomic mass is 9.68. The Balaban J connectivity index is 1.85. The third-order valence-corrected chi connectivity index (χ3v) is 5.79. The molecule has 24 heavy (non-hydrogen) atoms. The summed E-state index contributed by atoms with van der Waals surface area (Å²) < 4.78 is 6.51. The van der Waals surface area contributed by atoms with E-state index in [9.17, 15) is 10.2 Å². The van der Waals surface area contributed by atoms with E-state index in [1.807, 2.05) is 0 Å². The van der Waals surface area contributed by atoms with Crippen molar-refractivity contribution in [1.29, 1.82) is 0 Å². The molecule has 1 saturated heterocycles. The molecule has 1 fully saturated rings. The molecular weight excluding hydrogens is 304 g/mol. The molecular formula is C19H26N2O3. The van der Waals surface area contributed by atoms with Crippen molar-refractivity contribution in [2.45, 2.75) is 30.9 Å². The van der Waals surface area contributed by atoms with Crippen molar-refractivity contribution in [1.82, 2.24) is 9.88 Å². The second kappa shape index (κ2) is 6.15. The zero-order valence-electron chi connectivity index (χ0n) is 14.2. The fraction of sp³-hybridized carbons (Fsp3) is 0.579. The van der Waals surface area contributed by atoms with Gasteiger partial charge in [-0.05, 0) is 49.4 Å². The van der Waals surface area contributed by atoms with Gasteiger partial charge in [0.05, 0.1) is 6.61 Å². The number of aliphatic hydroxyl groups excluding tert-OH is 2. The maximum absolute atomic E-state index is 9.81. The van der Waals surface area contributed by atoms with Gasteiger partial charge in [-0.25, -0.2) is 0 Å². The predicted molar refractivity (Wildman–Crippen MR) is 92.9 cm³/mol. The largest absolute Gasteiger partial charge is 0.396 e.